The molecular weight excluding hydrogens is 216 g/mol. The Balaban J connectivity index is 1.89. The molecule has 1 amide bonds. The zero-order valence-corrected chi connectivity index (χ0v) is 10.4. The molecule has 5 nitrogen and oxygen atoms in total. The van der Waals surface area contributed by atoms with Crippen molar-refractivity contribution in [1.82, 2.24) is 20.4 Å². The molecule has 1 aromatic rings. The predicted molar refractivity (Wildman–Crippen MR) is 65.7 cm³/mol. The van der Waals surface area contributed by atoms with Gasteiger partial charge in [-0.05, 0) is 44.8 Å². The molecule has 17 heavy (non-hydrogen) atoms. The number of aryl methyl sites for hydroxylation is 1. The van der Waals surface area contributed by atoms with Gasteiger partial charge >= 0.3 is 0 Å². The van der Waals surface area contributed by atoms with E-state index in [1.54, 1.807) is 16.9 Å². The summed E-state index contributed by atoms with van der Waals surface area (Å²) >= 11 is 0. The Labute approximate surface area is 102 Å². The van der Waals surface area contributed by atoms with Gasteiger partial charge in [0.2, 0.25) is 0 Å². The van der Waals surface area contributed by atoms with Crippen molar-refractivity contribution >= 4 is 5.91 Å². The number of nitrogens with one attached hydrogen (secondary N) is 2. The molecule has 1 aliphatic rings. The maximum absolute atomic E-state index is 11.9. The average Bonchev–Trinajstić information content (AvgIpc) is 2.77. The number of amides is 1. The van der Waals surface area contributed by atoms with Gasteiger partial charge in [-0.1, -0.05) is 0 Å². The van der Waals surface area contributed by atoms with Gasteiger partial charge in [-0.3, -0.25) is 9.48 Å². The van der Waals surface area contributed by atoms with Crippen molar-refractivity contribution in [3.63, 3.8) is 0 Å². The summed E-state index contributed by atoms with van der Waals surface area (Å²) in [4.78, 5) is 11.9. The van der Waals surface area contributed by atoms with Crippen LogP contribution >= 0.6 is 0 Å². The van der Waals surface area contributed by atoms with E-state index >= 15 is 0 Å². The minimum atomic E-state index is -0.0726. The Kier molecular flexibility index (Phi) is 3.78. The molecule has 1 fully saturated rings. The van der Waals surface area contributed by atoms with Crippen LogP contribution in [0.5, 0.6) is 0 Å². The van der Waals surface area contributed by atoms with Crippen LogP contribution in [0.1, 0.15) is 30.3 Å². The van der Waals surface area contributed by atoms with Gasteiger partial charge in [0.15, 0.2) is 0 Å². The van der Waals surface area contributed by atoms with Crippen LogP contribution in [0.15, 0.2) is 12.3 Å². The topological polar surface area (TPSA) is 59.0 Å². The van der Waals surface area contributed by atoms with E-state index in [2.05, 4.69) is 22.7 Å². The highest BCUT2D eigenvalue weighted by Gasteiger charge is 2.22. The third-order valence-electron chi connectivity index (χ3n) is 3.40. The van der Waals surface area contributed by atoms with Gasteiger partial charge in [0.1, 0.15) is 5.69 Å². The van der Waals surface area contributed by atoms with Crippen molar-refractivity contribution < 1.29 is 4.79 Å². The summed E-state index contributed by atoms with van der Waals surface area (Å²) < 4.78 is 1.64. The van der Waals surface area contributed by atoms with Crippen molar-refractivity contribution in [2.75, 3.05) is 13.1 Å². The van der Waals surface area contributed by atoms with E-state index in [-0.39, 0.29) is 11.9 Å². The number of hydrogen-bond donors (Lipinski definition) is 2. The van der Waals surface area contributed by atoms with E-state index in [4.69, 9.17) is 0 Å². The number of carbonyl (C=O) groups is 1. The Morgan fingerprint density at radius 2 is 2.29 bits per heavy atom. The number of carbonyl (C=O) groups excluding carboxylic acids is 1. The maximum Gasteiger partial charge on any atom is 0.271 e. The number of nitrogens with zero attached hydrogens (tertiary/aromatic N) is 2. The van der Waals surface area contributed by atoms with Crippen LogP contribution in [0.25, 0.3) is 0 Å². The maximum atomic E-state index is 11.9. The van der Waals surface area contributed by atoms with Gasteiger partial charge in [0.05, 0.1) is 0 Å². The minimum absolute atomic E-state index is 0.0726. The van der Waals surface area contributed by atoms with Gasteiger partial charge < -0.3 is 10.6 Å². The quantitative estimate of drug-likeness (QED) is 0.805. The summed E-state index contributed by atoms with van der Waals surface area (Å²) in [7, 11) is 1.81. The monoisotopic (exact) mass is 236 g/mol. The van der Waals surface area contributed by atoms with E-state index in [9.17, 15) is 4.79 Å². The molecule has 0 bridgehead atoms. The van der Waals surface area contributed by atoms with E-state index in [0.717, 1.165) is 25.9 Å². The molecule has 0 spiro atoms. The first-order valence-electron chi connectivity index (χ1n) is 6.18. The van der Waals surface area contributed by atoms with Gasteiger partial charge in [-0.2, -0.15) is 5.10 Å². The van der Waals surface area contributed by atoms with Gasteiger partial charge in [0, 0.05) is 19.3 Å². The molecule has 0 saturated carbocycles. The van der Waals surface area contributed by atoms with Crippen LogP contribution in [-0.2, 0) is 7.05 Å². The van der Waals surface area contributed by atoms with Gasteiger partial charge in [-0.15, -0.1) is 0 Å². The molecule has 94 valence electrons. The first-order valence-corrected chi connectivity index (χ1v) is 6.18. The number of aromatic nitrogens is 2. The smallest absolute Gasteiger partial charge is 0.271 e. The van der Waals surface area contributed by atoms with Crippen molar-refractivity contribution in [1.29, 1.82) is 0 Å². The lowest BCUT2D eigenvalue weighted by Crippen LogP contribution is -2.42. The normalized spacial score (nSPS) is 18.9. The average molecular weight is 236 g/mol. The van der Waals surface area contributed by atoms with E-state index in [1.165, 1.54) is 0 Å². The molecule has 1 unspecified atom stereocenters. The van der Waals surface area contributed by atoms with Crippen molar-refractivity contribution in [3.05, 3.63) is 18.0 Å². The molecular formula is C12H20N4O. The van der Waals surface area contributed by atoms with Crippen LogP contribution < -0.4 is 10.6 Å². The Morgan fingerprint density at radius 1 is 1.59 bits per heavy atom. The highest BCUT2D eigenvalue weighted by atomic mass is 16.2. The summed E-state index contributed by atoms with van der Waals surface area (Å²) in [5.41, 5.74) is 0.494. The first-order chi connectivity index (χ1) is 8.16. The SMILES string of the molecule is CC(NC(=O)c1ccn(C)n1)C1CCNCC1. The molecule has 0 radical (unpaired) electrons. The number of rotatable bonds is 3. The molecule has 2 N–H and O–H groups in total. The fourth-order valence-corrected chi connectivity index (χ4v) is 2.28. The van der Waals surface area contributed by atoms with Crippen molar-refractivity contribution in [2.24, 2.45) is 13.0 Å². The largest absolute Gasteiger partial charge is 0.348 e. The summed E-state index contributed by atoms with van der Waals surface area (Å²) in [6.45, 7) is 4.18. The molecule has 1 aliphatic heterocycles. The Bertz CT molecular complexity index is 382. The second-order valence-electron chi connectivity index (χ2n) is 4.72. The van der Waals surface area contributed by atoms with E-state index < -0.39 is 0 Å². The molecule has 5 heteroatoms. The Hall–Kier alpha value is -1.36. The molecule has 1 aromatic heterocycles. The predicted octanol–water partition coefficient (Wildman–Crippen LogP) is 0.538. The number of piperidine rings is 1. The Morgan fingerprint density at radius 3 is 2.88 bits per heavy atom. The second-order valence-corrected chi connectivity index (χ2v) is 4.72. The fourth-order valence-electron chi connectivity index (χ4n) is 2.28. The van der Waals surface area contributed by atoms with Gasteiger partial charge in [-0.25, -0.2) is 0 Å². The fraction of sp³-hybridized carbons (Fsp3) is 0.667. The zero-order valence-electron chi connectivity index (χ0n) is 10.4. The molecule has 2 rings (SSSR count). The lowest BCUT2D eigenvalue weighted by Gasteiger charge is -2.28. The summed E-state index contributed by atoms with van der Waals surface area (Å²) in [5.74, 6) is 0.501. The molecule has 2 heterocycles. The summed E-state index contributed by atoms with van der Waals surface area (Å²) in [6.07, 6.45) is 4.04. The van der Waals surface area contributed by atoms with Crippen LogP contribution in [0, 0.1) is 5.92 Å². The lowest BCUT2D eigenvalue weighted by molar-refractivity contribution is 0.0915. The first kappa shape index (κ1) is 12.1. The van der Waals surface area contributed by atoms with Gasteiger partial charge in [0.25, 0.3) is 5.91 Å². The standard InChI is InChI=1S/C12H20N4O/c1-9(10-3-6-13-7-4-10)14-12(17)11-5-8-16(2)15-11/h5,8-10,13H,3-4,6-7H2,1-2H3,(H,14,17). The lowest BCUT2D eigenvalue weighted by atomic mass is 9.91. The zero-order chi connectivity index (χ0) is 12.3. The minimum Gasteiger partial charge on any atom is -0.348 e. The van der Waals surface area contributed by atoms with Crippen LogP contribution in [0.3, 0.4) is 0 Å². The third-order valence-corrected chi connectivity index (χ3v) is 3.40. The second kappa shape index (κ2) is 5.31. The summed E-state index contributed by atoms with van der Waals surface area (Å²) in [5, 5.41) is 10.5. The highest BCUT2D eigenvalue weighted by Crippen LogP contribution is 2.16. The third kappa shape index (κ3) is 3.06. The number of hydrogen-bond acceptors (Lipinski definition) is 3. The van der Waals surface area contributed by atoms with Crippen molar-refractivity contribution in [2.45, 2.75) is 25.8 Å². The van der Waals surface area contributed by atoms with E-state index in [1.807, 2.05) is 7.05 Å². The highest BCUT2D eigenvalue weighted by molar-refractivity contribution is 5.92. The molecule has 0 aliphatic carbocycles. The molecule has 0 aromatic carbocycles. The summed E-state index contributed by atoms with van der Waals surface area (Å²) in [6, 6.07) is 1.96. The molecule has 1 atom stereocenters. The van der Waals surface area contributed by atoms with Crippen LogP contribution in [0.4, 0.5) is 0 Å². The van der Waals surface area contributed by atoms with E-state index in [0.29, 0.717) is 11.6 Å². The molecule has 1 saturated heterocycles. The van der Waals surface area contributed by atoms with Crippen LogP contribution in [-0.4, -0.2) is 34.8 Å². The van der Waals surface area contributed by atoms with Crippen LogP contribution in [0.2, 0.25) is 0 Å². The van der Waals surface area contributed by atoms with Crippen molar-refractivity contribution in [3.8, 4) is 0 Å².